The van der Waals surface area contributed by atoms with Crippen LogP contribution in [0.5, 0.6) is 0 Å². The monoisotopic (exact) mass is 385 g/mol. The van der Waals surface area contributed by atoms with Crippen LogP contribution in [0.4, 0.5) is 0 Å². The fraction of sp³-hybridized carbons (Fsp3) is 0.909. The second-order valence-electron chi connectivity index (χ2n) is 7.51. The summed E-state index contributed by atoms with van der Waals surface area (Å²) in [4.78, 5) is 23.1. The van der Waals surface area contributed by atoms with Crippen molar-refractivity contribution >= 4 is 11.9 Å². The zero-order valence-corrected chi connectivity index (χ0v) is 17.8. The van der Waals surface area contributed by atoms with E-state index in [4.69, 9.17) is 4.74 Å². The van der Waals surface area contributed by atoms with Crippen LogP contribution in [0.1, 0.15) is 110 Å². The Hall–Kier alpha value is -1.10. The number of carboxylic acids is 1. The van der Waals surface area contributed by atoms with E-state index in [0.29, 0.717) is 13.2 Å². The molecule has 0 fully saturated rings. The average molecular weight is 386 g/mol. The first-order chi connectivity index (χ1) is 13.1. The summed E-state index contributed by atoms with van der Waals surface area (Å²) in [7, 11) is 0. The molecule has 1 atom stereocenters. The lowest BCUT2D eigenvalue weighted by molar-refractivity contribution is -0.149. The number of carboxylic acid groups (broad SMARTS) is 1. The highest BCUT2D eigenvalue weighted by Crippen LogP contribution is 2.08. The van der Waals surface area contributed by atoms with Crippen molar-refractivity contribution < 1.29 is 19.4 Å². The smallest absolute Gasteiger partial charge is 0.321 e. The van der Waals surface area contributed by atoms with E-state index in [1.54, 1.807) is 0 Å². The molecule has 0 aliphatic rings. The van der Waals surface area contributed by atoms with E-state index in [0.717, 1.165) is 25.7 Å². The number of nitrogens with one attached hydrogen (secondary N) is 1. The second-order valence-corrected chi connectivity index (χ2v) is 7.51. The summed E-state index contributed by atoms with van der Waals surface area (Å²) in [5.41, 5.74) is 0. The van der Waals surface area contributed by atoms with E-state index < -0.39 is 18.0 Å². The molecule has 5 nitrogen and oxygen atoms in total. The number of ether oxygens (including phenoxy) is 1. The Bertz CT molecular complexity index is 360. The maximum atomic E-state index is 11.8. The van der Waals surface area contributed by atoms with Gasteiger partial charge in [0.2, 0.25) is 0 Å². The lowest BCUT2D eigenvalue weighted by Crippen LogP contribution is -2.39. The van der Waals surface area contributed by atoms with E-state index in [1.807, 2.05) is 0 Å². The minimum Gasteiger partial charge on any atom is -0.480 e. The number of carbonyl (C=O) groups is 2. The number of aliphatic carboxylic acids is 1. The lowest BCUT2D eigenvalue weighted by atomic mass is 10.1. The van der Waals surface area contributed by atoms with Crippen molar-refractivity contribution in [3.63, 3.8) is 0 Å². The molecule has 27 heavy (non-hydrogen) atoms. The first kappa shape index (κ1) is 25.9. The predicted octanol–water partition coefficient (Wildman–Crippen LogP) is 5.46. The molecule has 160 valence electrons. The van der Waals surface area contributed by atoms with Gasteiger partial charge in [-0.15, -0.1) is 0 Å². The third kappa shape index (κ3) is 18.0. The average Bonchev–Trinajstić information content (AvgIpc) is 2.64. The Kier molecular flexibility index (Phi) is 18.9. The van der Waals surface area contributed by atoms with Crippen LogP contribution in [-0.4, -0.2) is 36.2 Å². The summed E-state index contributed by atoms with van der Waals surface area (Å²) in [5, 5.41) is 12.3. The minimum atomic E-state index is -0.980. The predicted molar refractivity (Wildman–Crippen MR) is 111 cm³/mol. The molecule has 0 rings (SSSR count). The third-order valence-corrected chi connectivity index (χ3v) is 4.85. The van der Waals surface area contributed by atoms with Gasteiger partial charge < -0.3 is 15.2 Å². The number of hydrogen-bond donors (Lipinski definition) is 2. The summed E-state index contributed by atoms with van der Waals surface area (Å²) in [6.45, 7) is 5.43. The van der Waals surface area contributed by atoms with Crippen LogP contribution in [0.2, 0.25) is 0 Å². The summed E-state index contributed by atoms with van der Waals surface area (Å²) >= 11 is 0. The molecule has 0 aliphatic heterocycles. The molecule has 1 unspecified atom stereocenters. The summed E-state index contributed by atoms with van der Waals surface area (Å²) in [5.74, 6) is -1.40. The minimum absolute atomic E-state index is 0.0951. The molecule has 0 aromatic carbocycles. The first-order valence-electron chi connectivity index (χ1n) is 11.2. The van der Waals surface area contributed by atoms with Gasteiger partial charge in [0.25, 0.3) is 0 Å². The molecule has 0 aromatic rings. The van der Waals surface area contributed by atoms with Crippen LogP contribution in [0.25, 0.3) is 0 Å². The third-order valence-electron chi connectivity index (χ3n) is 4.85. The molecule has 0 aliphatic carbocycles. The summed E-state index contributed by atoms with van der Waals surface area (Å²) in [6.07, 6.45) is 16.4. The second kappa shape index (κ2) is 19.7. The van der Waals surface area contributed by atoms with Gasteiger partial charge in [-0.1, -0.05) is 90.9 Å². The van der Waals surface area contributed by atoms with Crippen LogP contribution < -0.4 is 5.32 Å². The van der Waals surface area contributed by atoms with Crippen LogP contribution in [0, 0.1) is 0 Å². The highest BCUT2D eigenvalue weighted by Gasteiger charge is 2.21. The Morgan fingerprint density at radius 1 is 0.778 bits per heavy atom. The Labute approximate surface area is 166 Å². The molecule has 0 amide bonds. The van der Waals surface area contributed by atoms with E-state index in [2.05, 4.69) is 19.2 Å². The van der Waals surface area contributed by atoms with Crippen LogP contribution in [-0.2, 0) is 14.3 Å². The topological polar surface area (TPSA) is 75.6 Å². The van der Waals surface area contributed by atoms with Gasteiger partial charge in [0.1, 0.15) is 6.04 Å². The van der Waals surface area contributed by atoms with Crippen molar-refractivity contribution in [2.45, 2.75) is 116 Å². The Morgan fingerprint density at radius 3 is 1.78 bits per heavy atom. The molecule has 2 N–H and O–H groups in total. The molecular weight excluding hydrogens is 342 g/mol. The van der Waals surface area contributed by atoms with Gasteiger partial charge in [-0.2, -0.15) is 0 Å². The number of rotatable bonds is 20. The molecular formula is C22H43NO4. The van der Waals surface area contributed by atoms with Crippen LogP contribution in [0.15, 0.2) is 0 Å². The molecule has 0 saturated carbocycles. The van der Waals surface area contributed by atoms with E-state index in [9.17, 15) is 14.7 Å². The van der Waals surface area contributed by atoms with Crippen LogP contribution >= 0.6 is 0 Å². The number of esters is 1. The fourth-order valence-corrected chi connectivity index (χ4v) is 3.08. The van der Waals surface area contributed by atoms with E-state index >= 15 is 0 Å². The van der Waals surface area contributed by atoms with Gasteiger partial charge in [0.15, 0.2) is 0 Å². The standard InChI is InChI=1S/C22H43NO4/c1-3-5-7-9-11-12-13-15-17-23-20(22(25)26)19-21(24)27-18-16-14-10-8-6-4-2/h20,23H,3-19H2,1-2H3,(H,25,26). The quantitative estimate of drug-likeness (QED) is 0.215. The lowest BCUT2D eigenvalue weighted by Gasteiger charge is -2.14. The largest absolute Gasteiger partial charge is 0.480 e. The summed E-state index contributed by atoms with van der Waals surface area (Å²) in [6, 6.07) is -0.841. The van der Waals surface area contributed by atoms with Crippen molar-refractivity contribution in [2.24, 2.45) is 0 Å². The van der Waals surface area contributed by atoms with E-state index in [1.165, 1.54) is 64.2 Å². The van der Waals surface area contributed by atoms with E-state index in [-0.39, 0.29) is 6.42 Å². The number of hydrogen-bond acceptors (Lipinski definition) is 4. The maximum Gasteiger partial charge on any atom is 0.321 e. The Balaban J connectivity index is 3.68. The van der Waals surface area contributed by atoms with Crippen molar-refractivity contribution in [1.82, 2.24) is 5.32 Å². The summed E-state index contributed by atoms with van der Waals surface area (Å²) < 4.78 is 5.18. The highest BCUT2D eigenvalue weighted by molar-refractivity contribution is 5.81. The van der Waals surface area contributed by atoms with Gasteiger partial charge in [-0.25, -0.2) is 0 Å². The molecule has 5 heteroatoms. The molecule has 0 radical (unpaired) electrons. The van der Waals surface area contributed by atoms with Gasteiger partial charge in [-0.05, 0) is 19.4 Å². The number of unbranched alkanes of at least 4 members (excludes halogenated alkanes) is 12. The number of carbonyl (C=O) groups excluding carboxylic acids is 1. The van der Waals surface area contributed by atoms with Gasteiger partial charge >= 0.3 is 11.9 Å². The SMILES string of the molecule is CCCCCCCCCCNC(CC(=O)OCCCCCCCC)C(=O)O. The maximum absolute atomic E-state index is 11.8. The van der Waals surface area contributed by atoms with Gasteiger partial charge in [0.05, 0.1) is 13.0 Å². The van der Waals surface area contributed by atoms with Gasteiger partial charge in [0, 0.05) is 0 Å². The molecule has 0 bridgehead atoms. The van der Waals surface area contributed by atoms with Crippen LogP contribution in [0.3, 0.4) is 0 Å². The van der Waals surface area contributed by atoms with Crippen molar-refractivity contribution in [3.8, 4) is 0 Å². The zero-order valence-electron chi connectivity index (χ0n) is 17.8. The fourth-order valence-electron chi connectivity index (χ4n) is 3.08. The first-order valence-corrected chi connectivity index (χ1v) is 11.2. The Morgan fingerprint density at radius 2 is 1.26 bits per heavy atom. The van der Waals surface area contributed by atoms with Crippen molar-refractivity contribution in [3.05, 3.63) is 0 Å². The molecule has 0 saturated heterocycles. The molecule has 0 aromatic heterocycles. The molecule has 0 spiro atoms. The van der Waals surface area contributed by atoms with Crippen molar-refractivity contribution in [1.29, 1.82) is 0 Å². The molecule has 0 heterocycles. The highest BCUT2D eigenvalue weighted by atomic mass is 16.5. The van der Waals surface area contributed by atoms with Gasteiger partial charge in [-0.3, -0.25) is 9.59 Å². The normalized spacial score (nSPS) is 12.1. The zero-order chi connectivity index (χ0) is 20.2. The van der Waals surface area contributed by atoms with Crippen molar-refractivity contribution in [2.75, 3.05) is 13.2 Å².